The van der Waals surface area contributed by atoms with Crippen molar-refractivity contribution >= 4 is 23.2 Å². The number of benzene rings is 2. The van der Waals surface area contributed by atoms with Crippen LogP contribution in [0.15, 0.2) is 48.8 Å². The molecule has 4 aromatic rings. The van der Waals surface area contributed by atoms with Crippen LogP contribution < -0.4 is 0 Å². The summed E-state index contributed by atoms with van der Waals surface area (Å²) in [6.07, 6.45) is 5.71. The molecule has 30 heavy (non-hydrogen) atoms. The first kappa shape index (κ1) is 18.9. The third-order valence-corrected chi connectivity index (χ3v) is 5.88. The van der Waals surface area contributed by atoms with Gasteiger partial charge in [-0.15, -0.1) is 10.2 Å². The first-order valence-electron chi connectivity index (χ1n) is 9.63. The number of halogens is 2. The van der Waals surface area contributed by atoms with Crippen LogP contribution in [0.1, 0.15) is 29.7 Å². The van der Waals surface area contributed by atoms with Gasteiger partial charge in [0, 0.05) is 16.3 Å². The summed E-state index contributed by atoms with van der Waals surface area (Å²) in [6.45, 7) is 0. The van der Waals surface area contributed by atoms with Crippen LogP contribution in [0.4, 0.5) is 0 Å². The first-order chi connectivity index (χ1) is 14.7. The molecule has 2 aromatic heterocycles. The molecule has 0 N–H and O–H groups in total. The number of hydrogen-bond donors (Lipinski definition) is 0. The van der Waals surface area contributed by atoms with E-state index in [0.717, 1.165) is 42.8 Å². The minimum Gasteiger partial charge on any atom is -0.280 e. The number of rotatable bonds is 3. The summed E-state index contributed by atoms with van der Waals surface area (Å²) in [6, 6.07) is 14.8. The Morgan fingerprint density at radius 1 is 1.00 bits per heavy atom. The Bertz CT molecular complexity index is 1280. The minimum absolute atomic E-state index is 0.560. The van der Waals surface area contributed by atoms with Gasteiger partial charge in [0.25, 0.3) is 0 Å². The van der Waals surface area contributed by atoms with Gasteiger partial charge in [0.1, 0.15) is 12.0 Å². The van der Waals surface area contributed by atoms with E-state index in [1.807, 2.05) is 27.4 Å². The number of fused-ring (bicyclic) bond motifs is 1. The molecule has 0 spiro atoms. The van der Waals surface area contributed by atoms with Gasteiger partial charge in [0.05, 0.1) is 28.0 Å². The predicted octanol–water partition coefficient (Wildman–Crippen LogP) is 5.18. The van der Waals surface area contributed by atoms with E-state index in [0.29, 0.717) is 27.1 Å². The van der Waals surface area contributed by atoms with E-state index in [2.05, 4.69) is 16.3 Å². The van der Waals surface area contributed by atoms with Gasteiger partial charge in [-0.25, -0.2) is 4.68 Å². The number of nitrogens with zero attached hydrogens (tertiary/aromatic N) is 6. The third-order valence-electron chi connectivity index (χ3n) is 5.33. The van der Waals surface area contributed by atoms with Crippen LogP contribution in [-0.4, -0.2) is 24.5 Å². The Kier molecular flexibility index (Phi) is 4.78. The Balaban J connectivity index is 1.74. The van der Waals surface area contributed by atoms with Gasteiger partial charge in [-0.1, -0.05) is 23.2 Å². The summed E-state index contributed by atoms with van der Waals surface area (Å²) in [4.78, 5) is 0. The second-order valence-electron chi connectivity index (χ2n) is 7.17. The van der Waals surface area contributed by atoms with Crippen LogP contribution in [0.5, 0.6) is 0 Å². The summed E-state index contributed by atoms with van der Waals surface area (Å²) in [5.41, 5.74) is 5.27. The highest BCUT2D eigenvalue weighted by atomic mass is 35.5. The van der Waals surface area contributed by atoms with Gasteiger partial charge in [0.2, 0.25) is 0 Å². The van der Waals surface area contributed by atoms with E-state index in [9.17, 15) is 0 Å². The summed E-state index contributed by atoms with van der Waals surface area (Å²) in [7, 11) is 0. The molecule has 1 aliphatic rings. The van der Waals surface area contributed by atoms with Crippen molar-refractivity contribution < 1.29 is 0 Å². The molecule has 0 bridgehead atoms. The molecule has 5 rings (SSSR count). The third kappa shape index (κ3) is 3.17. The lowest BCUT2D eigenvalue weighted by atomic mass is 9.95. The van der Waals surface area contributed by atoms with Crippen molar-refractivity contribution in [1.82, 2.24) is 24.5 Å². The molecule has 0 fully saturated rings. The van der Waals surface area contributed by atoms with Gasteiger partial charge in [-0.2, -0.15) is 10.4 Å². The van der Waals surface area contributed by atoms with Crippen molar-refractivity contribution in [1.29, 1.82) is 5.26 Å². The van der Waals surface area contributed by atoms with E-state index in [4.69, 9.17) is 33.6 Å². The number of aromatic nitrogens is 5. The van der Waals surface area contributed by atoms with Gasteiger partial charge < -0.3 is 0 Å². The van der Waals surface area contributed by atoms with Crippen molar-refractivity contribution in [2.75, 3.05) is 0 Å². The second kappa shape index (κ2) is 7.60. The molecule has 2 heterocycles. The normalized spacial score (nSPS) is 13.1. The molecule has 148 valence electrons. The Labute approximate surface area is 183 Å². The second-order valence-corrected chi connectivity index (χ2v) is 8.02. The fraction of sp³-hybridized carbons (Fsp3) is 0.182. The zero-order valence-electron chi connectivity index (χ0n) is 15.9. The Morgan fingerprint density at radius 3 is 2.60 bits per heavy atom. The van der Waals surface area contributed by atoms with Crippen molar-refractivity contribution in [2.45, 2.75) is 25.7 Å². The molecule has 0 aliphatic heterocycles. The zero-order valence-corrected chi connectivity index (χ0v) is 17.4. The standard InChI is InChI=1S/C22H16Cl2N6/c23-15-7-10-18(24)20(11-15)30-21(17-3-1-2-4-19(17)28-30)22-27-26-13-29(22)16-8-5-14(12-25)6-9-16/h5-11,13H,1-4H2. The van der Waals surface area contributed by atoms with E-state index >= 15 is 0 Å². The average Bonchev–Trinajstić information content (AvgIpc) is 3.39. The molecular weight excluding hydrogens is 419 g/mol. The zero-order chi connectivity index (χ0) is 20.7. The molecule has 2 aromatic carbocycles. The first-order valence-corrected chi connectivity index (χ1v) is 10.4. The number of nitriles is 1. The monoisotopic (exact) mass is 434 g/mol. The predicted molar refractivity (Wildman–Crippen MR) is 115 cm³/mol. The molecule has 1 aliphatic carbocycles. The minimum atomic E-state index is 0.560. The van der Waals surface area contributed by atoms with Crippen LogP contribution >= 0.6 is 23.2 Å². The van der Waals surface area contributed by atoms with Gasteiger partial charge in [-0.3, -0.25) is 4.57 Å². The molecule has 0 radical (unpaired) electrons. The Hall–Kier alpha value is -3.14. The lowest BCUT2D eigenvalue weighted by Crippen LogP contribution is -2.06. The van der Waals surface area contributed by atoms with Crippen LogP contribution in [-0.2, 0) is 12.8 Å². The van der Waals surface area contributed by atoms with Crippen LogP contribution in [0.2, 0.25) is 10.0 Å². The van der Waals surface area contributed by atoms with E-state index < -0.39 is 0 Å². The van der Waals surface area contributed by atoms with E-state index in [-0.39, 0.29) is 0 Å². The van der Waals surface area contributed by atoms with Crippen molar-refractivity contribution in [3.63, 3.8) is 0 Å². The maximum Gasteiger partial charge on any atom is 0.187 e. The lowest BCUT2D eigenvalue weighted by Gasteiger charge is -2.14. The van der Waals surface area contributed by atoms with Crippen LogP contribution in [0.3, 0.4) is 0 Å². The van der Waals surface area contributed by atoms with Crippen LogP contribution in [0, 0.1) is 11.3 Å². The number of hydrogen-bond acceptors (Lipinski definition) is 4. The summed E-state index contributed by atoms with van der Waals surface area (Å²) < 4.78 is 3.75. The fourth-order valence-electron chi connectivity index (χ4n) is 3.89. The quantitative estimate of drug-likeness (QED) is 0.445. The molecule has 0 saturated carbocycles. The molecule has 0 saturated heterocycles. The smallest absolute Gasteiger partial charge is 0.187 e. The highest BCUT2D eigenvalue weighted by Crippen LogP contribution is 2.36. The SMILES string of the molecule is N#Cc1ccc(-n2cnnc2-c2c3c(nn2-c2cc(Cl)ccc2Cl)CCCC3)cc1. The van der Waals surface area contributed by atoms with Gasteiger partial charge >= 0.3 is 0 Å². The van der Waals surface area contributed by atoms with Gasteiger partial charge in [0.15, 0.2) is 5.82 Å². The van der Waals surface area contributed by atoms with E-state index in [1.165, 1.54) is 5.56 Å². The maximum absolute atomic E-state index is 9.09. The molecule has 6 nitrogen and oxygen atoms in total. The molecular formula is C22H16Cl2N6. The largest absolute Gasteiger partial charge is 0.280 e. The van der Waals surface area contributed by atoms with Crippen molar-refractivity contribution in [2.24, 2.45) is 0 Å². The fourth-order valence-corrected chi connectivity index (χ4v) is 4.25. The summed E-state index contributed by atoms with van der Waals surface area (Å²) >= 11 is 12.8. The maximum atomic E-state index is 9.09. The van der Waals surface area contributed by atoms with E-state index in [1.54, 1.807) is 30.6 Å². The topological polar surface area (TPSA) is 72.3 Å². The average molecular weight is 435 g/mol. The molecule has 8 heteroatoms. The van der Waals surface area contributed by atoms with Gasteiger partial charge in [-0.05, 0) is 68.1 Å². The molecule has 0 unspecified atom stereocenters. The summed E-state index contributed by atoms with van der Waals surface area (Å²) in [5.74, 6) is 0.673. The molecule has 0 amide bonds. The highest BCUT2D eigenvalue weighted by Gasteiger charge is 2.27. The lowest BCUT2D eigenvalue weighted by molar-refractivity contribution is 0.671. The summed E-state index contributed by atoms with van der Waals surface area (Å²) in [5, 5.41) is 23.7. The van der Waals surface area contributed by atoms with Crippen molar-refractivity contribution in [3.8, 4) is 29.0 Å². The van der Waals surface area contributed by atoms with Crippen molar-refractivity contribution in [3.05, 3.63) is 75.7 Å². The number of aryl methyl sites for hydroxylation is 1. The highest BCUT2D eigenvalue weighted by molar-refractivity contribution is 6.34. The van der Waals surface area contributed by atoms with Crippen LogP contribution in [0.25, 0.3) is 22.9 Å². The Morgan fingerprint density at radius 2 is 1.80 bits per heavy atom. The molecule has 0 atom stereocenters.